The summed E-state index contributed by atoms with van der Waals surface area (Å²) >= 11 is 3.46. The van der Waals surface area contributed by atoms with Gasteiger partial charge in [0.05, 0.1) is 26.4 Å². The maximum absolute atomic E-state index is 5.73. The van der Waals surface area contributed by atoms with Crippen LogP contribution < -0.4 is 4.74 Å². The number of ether oxygens (including phenoxy) is 3. The Bertz CT molecular complexity index is 375. The zero-order chi connectivity index (χ0) is 12.8. The third-order valence-corrected chi connectivity index (χ3v) is 3.57. The smallest absolute Gasteiger partial charge is 0.124 e. The Morgan fingerprint density at radius 2 is 2.28 bits per heavy atom. The predicted octanol–water partition coefficient (Wildman–Crippen LogP) is 3.54. The molecule has 1 atom stereocenters. The van der Waals surface area contributed by atoms with Gasteiger partial charge in [-0.2, -0.15) is 0 Å². The van der Waals surface area contributed by atoms with Crippen molar-refractivity contribution in [2.45, 2.75) is 32.0 Å². The molecule has 3 nitrogen and oxygen atoms in total. The van der Waals surface area contributed by atoms with Gasteiger partial charge < -0.3 is 14.2 Å². The molecule has 1 fully saturated rings. The lowest BCUT2D eigenvalue weighted by molar-refractivity contribution is -0.0449. The summed E-state index contributed by atoms with van der Waals surface area (Å²) in [5.74, 6) is 0.864. The SMILES string of the molecule is COc1ccc(Br)cc1COCC1CCCCO1. The van der Waals surface area contributed by atoms with Crippen LogP contribution in [-0.2, 0) is 16.1 Å². The molecule has 4 heteroatoms. The van der Waals surface area contributed by atoms with Gasteiger partial charge in [0.1, 0.15) is 5.75 Å². The van der Waals surface area contributed by atoms with Crippen LogP contribution in [0.3, 0.4) is 0 Å². The first kappa shape index (κ1) is 13.8. The lowest BCUT2D eigenvalue weighted by Crippen LogP contribution is -2.24. The second kappa shape index (κ2) is 7.12. The molecule has 0 saturated carbocycles. The van der Waals surface area contributed by atoms with Crippen molar-refractivity contribution in [1.82, 2.24) is 0 Å². The number of hydrogen-bond acceptors (Lipinski definition) is 3. The van der Waals surface area contributed by atoms with Crippen LogP contribution in [0.25, 0.3) is 0 Å². The van der Waals surface area contributed by atoms with Gasteiger partial charge in [-0.3, -0.25) is 0 Å². The van der Waals surface area contributed by atoms with Crippen molar-refractivity contribution in [2.24, 2.45) is 0 Å². The summed E-state index contributed by atoms with van der Waals surface area (Å²) in [5, 5.41) is 0. The molecule has 1 aliphatic heterocycles. The Kier molecular flexibility index (Phi) is 5.47. The van der Waals surface area contributed by atoms with Gasteiger partial charge in [0.15, 0.2) is 0 Å². The van der Waals surface area contributed by atoms with Crippen LogP contribution in [0.5, 0.6) is 5.75 Å². The van der Waals surface area contributed by atoms with Gasteiger partial charge >= 0.3 is 0 Å². The molecule has 1 unspecified atom stereocenters. The first-order chi connectivity index (χ1) is 8.79. The Hall–Kier alpha value is -0.580. The maximum atomic E-state index is 5.73. The highest BCUT2D eigenvalue weighted by atomic mass is 79.9. The summed E-state index contributed by atoms with van der Waals surface area (Å²) < 4.78 is 17.7. The molecule has 18 heavy (non-hydrogen) atoms. The van der Waals surface area contributed by atoms with Crippen molar-refractivity contribution in [3.63, 3.8) is 0 Å². The molecule has 1 aliphatic rings. The molecule has 0 radical (unpaired) electrons. The maximum Gasteiger partial charge on any atom is 0.124 e. The van der Waals surface area contributed by atoms with E-state index in [0.29, 0.717) is 13.2 Å². The molecule has 1 aromatic carbocycles. The standard InChI is InChI=1S/C14H19BrO3/c1-16-14-6-5-12(15)8-11(14)9-17-10-13-4-2-3-7-18-13/h5-6,8,13H,2-4,7,9-10H2,1H3. The molecular formula is C14H19BrO3. The number of halogens is 1. The largest absolute Gasteiger partial charge is 0.496 e. The van der Waals surface area contributed by atoms with Crippen molar-refractivity contribution in [1.29, 1.82) is 0 Å². The Balaban J connectivity index is 1.83. The summed E-state index contributed by atoms with van der Waals surface area (Å²) in [6.07, 6.45) is 3.79. The van der Waals surface area contributed by atoms with E-state index in [1.165, 1.54) is 12.8 Å². The van der Waals surface area contributed by atoms with Crippen molar-refractivity contribution in [3.8, 4) is 5.75 Å². The van der Waals surface area contributed by atoms with E-state index in [1.54, 1.807) is 7.11 Å². The zero-order valence-electron chi connectivity index (χ0n) is 10.7. The van der Waals surface area contributed by atoms with Crippen LogP contribution in [0, 0.1) is 0 Å². The highest BCUT2D eigenvalue weighted by molar-refractivity contribution is 9.10. The minimum Gasteiger partial charge on any atom is -0.496 e. The normalized spacial score (nSPS) is 19.8. The van der Waals surface area contributed by atoms with Crippen LogP contribution in [0.15, 0.2) is 22.7 Å². The third kappa shape index (κ3) is 3.97. The Labute approximate surface area is 117 Å². The molecule has 2 rings (SSSR count). The van der Waals surface area contributed by atoms with Gasteiger partial charge in [0.2, 0.25) is 0 Å². The minimum absolute atomic E-state index is 0.261. The second-order valence-corrected chi connectivity index (χ2v) is 5.38. The molecule has 0 amide bonds. The van der Waals surface area contributed by atoms with E-state index in [4.69, 9.17) is 14.2 Å². The van der Waals surface area contributed by atoms with Crippen LogP contribution in [0.4, 0.5) is 0 Å². The van der Waals surface area contributed by atoms with Gasteiger partial charge in [-0.05, 0) is 37.5 Å². The lowest BCUT2D eigenvalue weighted by atomic mass is 10.1. The summed E-state index contributed by atoms with van der Waals surface area (Å²) in [6, 6.07) is 5.94. The van der Waals surface area contributed by atoms with Gasteiger partial charge in [-0.25, -0.2) is 0 Å². The number of methoxy groups -OCH3 is 1. The Morgan fingerprint density at radius 3 is 3.00 bits per heavy atom. The highest BCUT2D eigenvalue weighted by Crippen LogP contribution is 2.24. The van der Waals surface area contributed by atoms with E-state index >= 15 is 0 Å². The fourth-order valence-electron chi connectivity index (χ4n) is 2.10. The molecule has 0 bridgehead atoms. The van der Waals surface area contributed by atoms with Gasteiger partial charge in [-0.15, -0.1) is 0 Å². The molecule has 0 N–H and O–H groups in total. The summed E-state index contributed by atoms with van der Waals surface area (Å²) in [4.78, 5) is 0. The average Bonchev–Trinajstić information content (AvgIpc) is 2.40. The van der Waals surface area contributed by atoms with E-state index in [-0.39, 0.29) is 6.10 Å². The molecule has 0 spiro atoms. The summed E-state index contributed by atoms with van der Waals surface area (Å²) in [5.41, 5.74) is 1.06. The molecule has 1 aromatic rings. The molecule has 100 valence electrons. The number of rotatable bonds is 5. The third-order valence-electron chi connectivity index (χ3n) is 3.08. The topological polar surface area (TPSA) is 27.7 Å². The van der Waals surface area contributed by atoms with Gasteiger partial charge in [0, 0.05) is 16.6 Å². The molecule has 1 saturated heterocycles. The number of benzene rings is 1. The number of hydrogen-bond donors (Lipinski definition) is 0. The van der Waals surface area contributed by atoms with E-state index in [1.807, 2.05) is 18.2 Å². The van der Waals surface area contributed by atoms with Crippen molar-refractivity contribution >= 4 is 15.9 Å². The van der Waals surface area contributed by atoms with Gasteiger partial charge in [0.25, 0.3) is 0 Å². The summed E-state index contributed by atoms with van der Waals surface area (Å²) in [7, 11) is 1.68. The minimum atomic E-state index is 0.261. The molecule has 0 aromatic heterocycles. The van der Waals surface area contributed by atoms with E-state index in [9.17, 15) is 0 Å². The average molecular weight is 315 g/mol. The Morgan fingerprint density at radius 1 is 1.39 bits per heavy atom. The van der Waals surface area contributed by atoms with E-state index < -0.39 is 0 Å². The van der Waals surface area contributed by atoms with Gasteiger partial charge in [-0.1, -0.05) is 15.9 Å². The van der Waals surface area contributed by atoms with Crippen molar-refractivity contribution in [3.05, 3.63) is 28.2 Å². The van der Waals surface area contributed by atoms with Crippen molar-refractivity contribution < 1.29 is 14.2 Å². The molecular weight excluding hydrogens is 296 g/mol. The van der Waals surface area contributed by atoms with Crippen LogP contribution >= 0.6 is 15.9 Å². The first-order valence-electron chi connectivity index (χ1n) is 6.31. The predicted molar refractivity (Wildman–Crippen MR) is 73.9 cm³/mol. The van der Waals surface area contributed by atoms with Crippen LogP contribution in [0.2, 0.25) is 0 Å². The van der Waals surface area contributed by atoms with E-state index in [0.717, 1.165) is 28.8 Å². The monoisotopic (exact) mass is 314 g/mol. The lowest BCUT2D eigenvalue weighted by Gasteiger charge is -2.22. The fraction of sp³-hybridized carbons (Fsp3) is 0.571. The molecule has 0 aliphatic carbocycles. The summed E-state index contributed by atoms with van der Waals surface area (Å²) in [6.45, 7) is 2.09. The highest BCUT2D eigenvalue weighted by Gasteiger charge is 2.14. The zero-order valence-corrected chi connectivity index (χ0v) is 12.2. The quantitative estimate of drug-likeness (QED) is 0.832. The first-order valence-corrected chi connectivity index (χ1v) is 7.10. The van der Waals surface area contributed by atoms with Crippen LogP contribution in [0.1, 0.15) is 24.8 Å². The fourth-order valence-corrected chi connectivity index (χ4v) is 2.51. The van der Waals surface area contributed by atoms with E-state index in [2.05, 4.69) is 15.9 Å². The molecule has 1 heterocycles. The van der Waals surface area contributed by atoms with Crippen LogP contribution in [-0.4, -0.2) is 26.4 Å². The van der Waals surface area contributed by atoms with Crippen molar-refractivity contribution in [2.75, 3.05) is 20.3 Å². The second-order valence-electron chi connectivity index (χ2n) is 4.46.